The number of benzene rings is 2. The lowest BCUT2D eigenvalue weighted by Crippen LogP contribution is -2.26. The molecule has 2 aromatic carbocycles. The number of H-pyrrole nitrogens is 1. The Balaban J connectivity index is 1.32. The van der Waals surface area contributed by atoms with Crippen molar-refractivity contribution in [3.8, 4) is 22.7 Å². The molecule has 0 radical (unpaired) electrons. The highest BCUT2D eigenvalue weighted by Gasteiger charge is 2.11. The number of nitrogens with one attached hydrogen (secondary N) is 2. The normalized spacial score (nSPS) is 10.8. The van der Waals surface area contributed by atoms with Crippen LogP contribution in [-0.2, 0) is 6.42 Å². The second-order valence-electron chi connectivity index (χ2n) is 6.55. The lowest BCUT2D eigenvalue weighted by molar-refractivity contribution is 0.0949. The van der Waals surface area contributed by atoms with Gasteiger partial charge in [0, 0.05) is 24.1 Å². The first-order valence-corrected chi connectivity index (χ1v) is 9.09. The number of aromatic nitrogens is 3. The van der Waals surface area contributed by atoms with Crippen LogP contribution in [0.1, 0.15) is 21.7 Å². The fourth-order valence-electron chi connectivity index (χ4n) is 2.84. The van der Waals surface area contributed by atoms with Crippen molar-refractivity contribution in [2.45, 2.75) is 13.3 Å². The van der Waals surface area contributed by atoms with Crippen LogP contribution < -0.4 is 5.32 Å². The molecule has 4 aromatic rings. The van der Waals surface area contributed by atoms with E-state index in [1.165, 1.54) is 5.56 Å². The largest absolute Gasteiger partial charge is 0.444 e. The van der Waals surface area contributed by atoms with Gasteiger partial charge in [-0.3, -0.25) is 9.89 Å². The van der Waals surface area contributed by atoms with Crippen molar-refractivity contribution in [3.63, 3.8) is 0 Å². The molecular weight excluding hydrogens is 352 g/mol. The van der Waals surface area contributed by atoms with E-state index in [4.69, 9.17) is 4.42 Å². The number of nitrogens with zero attached hydrogens (tertiary/aromatic N) is 2. The molecular formula is C22H20N4O2. The van der Waals surface area contributed by atoms with Gasteiger partial charge in [-0.05, 0) is 25.1 Å². The zero-order valence-electron chi connectivity index (χ0n) is 15.5. The van der Waals surface area contributed by atoms with Crippen molar-refractivity contribution in [1.82, 2.24) is 20.5 Å². The summed E-state index contributed by atoms with van der Waals surface area (Å²) in [5.41, 5.74) is 5.05. The van der Waals surface area contributed by atoms with Gasteiger partial charge in [-0.25, -0.2) is 4.98 Å². The molecule has 28 heavy (non-hydrogen) atoms. The Kier molecular flexibility index (Phi) is 5.01. The molecule has 0 saturated heterocycles. The Bertz CT molecular complexity index is 1070. The molecule has 140 valence electrons. The van der Waals surface area contributed by atoms with Crippen molar-refractivity contribution >= 4 is 5.91 Å². The maximum atomic E-state index is 12.3. The lowest BCUT2D eigenvalue weighted by atomic mass is 10.1. The van der Waals surface area contributed by atoms with Gasteiger partial charge in [0.15, 0.2) is 0 Å². The average Bonchev–Trinajstić information content (AvgIpc) is 3.39. The van der Waals surface area contributed by atoms with Crippen LogP contribution in [0.3, 0.4) is 0 Å². The van der Waals surface area contributed by atoms with Gasteiger partial charge in [0.1, 0.15) is 12.0 Å². The van der Waals surface area contributed by atoms with Crippen molar-refractivity contribution < 1.29 is 9.21 Å². The number of amides is 1. The molecule has 4 rings (SSSR count). The number of carbonyl (C=O) groups excluding carboxylic acids is 1. The predicted molar refractivity (Wildman–Crippen MR) is 107 cm³/mol. The molecule has 2 aromatic heterocycles. The second-order valence-corrected chi connectivity index (χ2v) is 6.55. The van der Waals surface area contributed by atoms with Crippen LogP contribution in [0.2, 0.25) is 0 Å². The number of aryl methyl sites for hydroxylation is 1. The third-order valence-electron chi connectivity index (χ3n) is 4.41. The van der Waals surface area contributed by atoms with Crippen molar-refractivity contribution in [2.24, 2.45) is 0 Å². The highest BCUT2D eigenvalue weighted by atomic mass is 16.3. The van der Waals surface area contributed by atoms with E-state index in [0.29, 0.717) is 24.6 Å². The van der Waals surface area contributed by atoms with Crippen LogP contribution in [-0.4, -0.2) is 27.6 Å². The van der Waals surface area contributed by atoms with Gasteiger partial charge in [-0.1, -0.05) is 48.0 Å². The average molecular weight is 372 g/mol. The van der Waals surface area contributed by atoms with Gasteiger partial charge in [-0.15, -0.1) is 0 Å². The van der Waals surface area contributed by atoms with Crippen molar-refractivity contribution in [3.05, 3.63) is 83.9 Å². The molecule has 6 nitrogen and oxygen atoms in total. The van der Waals surface area contributed by atoms with Crippen LogP contribution in [0.15, 0.2) is 71.3 Å². The summed E-state index contributed by atoms with van der Waals surface area (Å²) in [6.45, 7) is 2.49. The first-order valence-electron chi connectivity index (χ1n) is 9.09. The van der Waals surface area contributed by atoms with Crippen LogP contribution in [0.25, 0.3) is 22.7 Å². The van der Waals surface area contributed by atoms with Crippen LogP contribution in [0, 0.1) is 6.92 Å². The molecule has 0 unspecified atom stereocenters. The first-order chi connectivity index (χ1) is 13.7. The minimum absolute atomic E-state index is 0.197. The molecule has 0 aliphatic carbocycles. The molecule has 0 aliphatic heterocycles. The zero-order chi connectivity index (χ0) is 19.3. The number of carbonyl (C=O) groups is 1. The number of hydrogen-bond acceptors (Lipinski definition) is 4. The third-order valence-corrected chi connectivity index (χ3v) is 4.41. The van der Waals surface area contributed by atoms with E-state index < -0.39 is 0 Å². The highest BCUT2D eigenvalue weighted by Crippen LogP contribution is 2.19. The quantitative estimate of drug-likeness (QED) is 0.536. The molecule has 0 spiro atoms. The number of aromatic amines is 1. The molecule has 0 bridgehead atoms. The fourth-order valence-corrected chi connectivity index (χ4v) is 2.84. The molecule has 0 fully saturated rings. The molecule has 2 N–H and O–H groups in total. The summed E-state index contributed by atoms with van der Waals surface area (Å²) < 4.78 is 5.55. The summed E-state index contributed by atoms with van der Waals surface area (Å²) in [7, 11) is 0. The van der Waals surface area contributed by atoms with Crippen molar-refractivity contribution in [1.29, 1.82) is 0 Å². The minimum Gasteiger partial charge on any atom is -0.444 e. The smallest absolute Gasteiger partial charge is 0.269 e. The van der Waals surface area contributed by atoms with Gasteiger partial charge in [0.05, 0.1) is 11.4 Å². The van der Waals surface area contributed by atoms with E-state index in [9.17, 15) is 4.79 Å². The monoisotopic (exact) mass is 372 g/mol. The second kappa shape index (κ2) is 7.92. The molecule has 1 amide bonds. The third kappa shape index (κ3) is 4.01. The summed E-state index contributed by atoms with van der Waals surface area (Å²) >= 11 is 0. The van der Waals surface area contributed by atoms with E-state index in [-0.39, 0.29) is 5.91 Å². The van der Waals surface area contributed by atoms with E-state index in [1.54, 1.807) is 12.3 Å². The standard InChI is InChI=1S/C22H20N4O2/c1-15-7-9-17(10-8-15)22-24-18(14-28-22)11-12-23-21(27)20-13-19(25-26-20)16-5-3-2-4-6-16/h2-10,13-14H,11-12H2,1H3,(H,23,27)(H,25,26). The maximum Gasteiger partial charge on any atom is 0.269 e. The number of oxazole rings is 1. The van der Waals surface area contributed by atoms with Crippen molar-refractivity contribution in [2.75, 3.05) is 6.54 Å². The summed E-state index contributed by atoms with van der Waals surface area (Å²) in [5, 5.41) is 9.87. The summed E-state index contributed by atoms with van der Waals surface area (Å²) in [4.78, 5) is 16.8. The number of hydrogen-bond donors (Lipinski definition) is 2. The summed E-state index contributed by atoms with van der Waals surface area (Å²) in [6.07, 6.45) is 2.21. The molecule has 0 atom stereocenters. The molecule has 0 saturated carbocycles. The molecule has 2 heterocycles. The Morgan fingerprint density at radius 1 is 1.07 bits per heavy atom. The van der Waals surface area contributed by atoms with Gasteiger partial charge in [0.25, 0.3) is 5.91 Å². The van der Waals surface area contributed by atoms with Gasteiger partial charge in [-0.2, -0.15) is 5.10 Å². The highest BCUT2D eigenvalue weighted by molar-refractivity contribution is 5.93. The zero-order valence-corrected chi connectivity index (χ0v) is 15.5. The van der Waals surface area contributed by atoms with Gasteiger partial charge in [0.2, 0.25) is 5.89 Å². The lowest BCUT2D eigenvalue weighted by Gasteiger charge is -2.01. The fraction of sp³-hybridized carbons (Fsp3) is 0.136. The first kappa shape index (κ1) is 17.7. The molecule has 6 heteroatoms. The van der Waals surface area contributed by atoms with Gasteiger partial charge >= 0.3 is 0 Å². The topological polar surface area (TPSA) is 83.8 Å². The Hall–Kier alpha value is -3.67. The van der Waals surface area contributed by atoms with E-state index >= 15 is 0 Å². The van der Waals surface area contributed by atoms with Crippen LogP contribution in [0.5, 0.6) is 0 Å². The van der Waals surface area contributed by atoms with E-state index in [2.05, 4.69) is 20.5 Å². The van der Waals surface area contributed by atoms with Crippen LogP contribution >= 0.6 is 0 Å². The summed E-state index contributed by atoms with van der Waals surface area (Å²) in [5.74, 6) is 0.388. The maximum absolute atomic E-state index is 12.3. The molecule has 0 aliphatic rings. The minimum atomic E-state index is -0.197. The number of rotatable bonds is 6. The predicted octanol–water partition coefficient (Wildman–Crippen LogP) is 4.01. The Labute approximate surface area is 162 Å². The summed E-state index contributed by atoms with van der Waals surface area (Å²) in [6, 6.07) is 19.5. The van der Waals surface area contributed by atoms with E-state index in [1.807, 2.05) is 61.5 Å². The Morgan fingerprint density at radius 3 is 2.64 bits per heavy atom. The van der Waals surface area contributed by atoms with E-state index in [0.717, 1.165) is 22.5 Å². The van der Waals surface area contributed by atoms with Gasteiger partial charge < -0.3 is 9.73 Å². The Morgan fingerprint density at radius 2 is 1.86 bits per heavy atom. The SMILES string of the molecule is Cc1ccc(-c2nc(CCNC(=O)c3cc(-c4ccccc4)n[nH]3)co2)cc1. The van der Waals surface area contributed by atoms with Crippen LogP contribution in [0.4, 0.5) is 0 Å².